The molecule has 166 valence electrons. The first-order chi connectivity index (χ1) is 14.0. The van der Waals surface area contributed by atoms with Crippen molar-refractivity contribution in [1.82, 2.24) is 5.32 Å². The molecule has 1 fully saturated rings. The van der Waals surface area contributed by atoms with E-state index in [4.69, 9.17) is 18.6 Å². The highest BCUT2D eigenvalue weighted by atomic mass is 28.4. The third-order valence-corrected chi connectivity index (χ3v) is 6.24. The van der Waals surface area contributed by atoms with Crippen molar-refractivity contribution in [2.24, 2.45) is 5.92 Å². The fourth-order valence-electron chi connectivity index (χ4n) is 3.96. The van der Waals surface area contributed by atoms with Crippen molar-refractivity contribution < 1.29 is 33.0 Å². The zero-order valence-electron chi connectivity index (χ0n) is 18.4. The van der Waals surface area contributed by atoms with Crippen LogP contribution in [0.4, 0.5) is 0 Å². The zero-order chi connectivity index (χ0) is 22.6. The average molecular weight is 438 g/mol. The Morgan fingerprint density at radius 2 is 1.63 bits per heavy atom. The minimum absolute atomic E-state index is 0.246. The van der Waals surface area contributed by atoms with E-state index in [1.54, 1.807) is 6.92 Å². The Morgan fingerprint density at radius 3 is 2.13 bits per heavy atom. The number of amides is 1. The van der Waals surface area contributed by atoms with E-state index >= 15 is 0 Å². The van der Waals surface area contributed by atoms with Crippen molar-refractivity contribution >= 4 is 26.2 Å². The minimum atomic E-state index is -2.32. The lowest BCUT2D eigenvalue weighted by Crippen LogP contribution is -2.70. The molecule has 8 nitrogen and oxygen atoms in total. The molecule has 1 heterocycles. The molecule has 1 aromatic rings. The van der Waals surface area contributed by atoms with Gasteiger partial charge in [0.2, 0.25) is 5.91 Å². The number of esters is 2. The second-order valence-electron chi connectivity index (χ2n) is 8.42. The number of carbonyl (C=O) groups excluding carboxylic acids is 3. The second kappa shape index (κ2) is 9.28. The summed E-state index contributed by atoms with van der Waals surface area (Å²) in [4.78, 5) is 38.6. The van der Waals surface area contributed by atoms with E-state index in [1.165, 1.54) is 0 Å². The molecule has 0 aromatic heterocycles. The summed E-state index contributed by atoms with van der Waals surface area (Å²) in [6.07, 6.45) is 0.259. The molecule has 30 heavy (non-hydrogen) atoms. The number of nitrogens with one attached hydrogen (secondary N) is 1. The van der Waals surface area contributed by atoms with Crippen molar-refractivity contribution in [2.75, 3.05) is 20.8 Å². The molecule has 0 aliphatic carbocycles. The Bertz CT molecular complexity index is 761. The number of hydrogen-bond donors (Lipinski definition) is 1. The van der Waals surface area contributed by atoms with E-state index in [0.717, 1.165) is 19.8 Å². The SMILES string of the molecule is COC(=O)C1(C(=O)OC)NC(=O)[C@H](CCOCc2ccccc2)[C@@]1(C)O[Si](C)(C)C. The van der Waals surface area contributed by atoms with Crippen LogP contribution >= 0.6 is 0 Å². The smallest absolute Gasteiger partial charge is 0.346 e. The quantitative estimate of drug-likeness (QED) is 0.273. The van der Waals surface area contributed by atoms with Crippen LogP contribution in [0.3, 0.4) is 0 Å². The van der Waals surface area contributed by atoms with Gasteiger partial charge in [-0.2, -0.15) is 0 Å². The monoisotopic (exact) mass is 437 g/mol. The van der Waals surface area contributed by atoms with Crippen LogP contribution in [0.2, 0.25) is 19.6 Å². The third-order valence-electron chi connectivity index (χ3n) is 5.20. The molecule has 0 radical (unpaired) electrons. The zero-order valence-corrected chi connectivity index (χ0v) is 19.4. The molecule has 1 amide bonds. The van der Waals surface area contributed by atoms with Gasteiger partial charge in [0.1, 0.15) is 5.60 Å². The molecular weight excluding hydrogens is 406 g/mol. The summed E-state index contributed by atoms with van der Waals surface area (Å²) in [5.41, 5.74) is -2.57. The van der Waals surface area contributed by atoms with Crippen LogP contribution in [0.15, 0.2) is 30.3 Å². The Hall–Kier alpha value is -2.23. The highest BCUT2D eigenvalue weighted by Gasteiger charge is 2.73. The van der Waals surface area contributed by atoms with Gasteiger partial charge in [-0.1, -0.05) is 30.3 Å². The summed E-state index contributed by atoms with van der Waals surface area (Å²) >= 11 is 0. The van der Waals surface area contributed by atoms with Gasteiger partial charge in [0, 0.05) is 6.61 Å². The number of methoxy groups -OCH3 is 2. The Labute approximate surface area is 178 Å². The predicted octanol–water partition coefficient (Wildman–Crippen LogP) is 2.03. The molecule has 0 spiro atoms. The van der Waals surface area contributed by atoms with Crippen molar-refractivity contribution in [3.8, 4) is 0 Å². The van der Waals surface area contributed by atoms with Gasteiger partial charge in [-0.15, -0.1) is 0 Å². The summed E-state index contributed by atoms with van der Waals surface area (Å²) in [6.45, 7) is 7.99. The standard InChI is InChI=1S/C21H31NO7Si/c1-20(29-30(4,5)6)16(12-13-28-14-15-10-8-7-9-11-15)17(23)22-21(20,18(24)26-2)19(25)27-3/h7-11,16H,12-14H2,1-6H3,(H,22,23)/t16-,20+/m0/s1. The van der Waals surface area contributed by atoms with Gasteiger partial charge in [0.05, 0.1) is 26.7 Å². The normalized spacial score (nSPS) is 23.0. The van der Waals surface area contributed by atoms with Gasteiger partial charge in [0.25, 0.3) is 5.54 Å². The molecule has 1 aliphatic rings. The molecule has 2 rings (SSSR count). The fraction of sp³-hybridized carbons (Fsp3) is 0.571. The Morgan fingerprint density at radius 1 is 1.07 bits per heavy atom. The summed E-state index contributed by atoms with van der Waals surface area (Å²) in [7, 11) is -0.00648. The number of ether oxygens (including phenoxy) is 3. The molecule has 1 aliphatic heterocycles. The maximum atomic E-state index is 12.9. The number of benzene rings is 1. The van der Waals surface area contributed by atoms with E-state index in [0.29, 0.717) is 6.61 Å². The van der Waals surface area contributed by atoms with E-state index in [-0.39, 0.29) is 13.0 Å². The maximum Gasteiger partial charge on any atom is 0.346 e. The van der Waals surface area contributed by atoms with Gasteiger partial charge in [-0.05, 0) is 38.5 Å². The summed E-state index contributed by atoms with van der Waals surface area (Å²) in [5.74, 6) is -3.12. The highest BCUT2D eigenvalue weighted by Crippen LogP contribution is 2.44. The first kappa shape index (κ1) is 24.0. The molecule has 2 atom stereocenters. The predicted molar refractivity (Wildman–Crippen MR) is 112 cm³/mol. The topological polar surface area (TPSA) is 100 Å². The van der Waals surface area contributed by atoms with Gasteiger partial charge >= 0.3 is 11.9 Å². The first-order valence-electron chi connectivity index (χ1n) is 9.82. The lowest BCUT2D eigenvalue weighted by Gasteiger charge is -2.44. The number of carbonyl (C=O) groups is 3. The van der Waals surface area contributed by atoms with Gasteiger partial charge in [-0.25, -0.2) is 9.59 Å². The summed E-state index contributed by atoms with van der Waals surface area (Å²) in [6, 6.07) is 9.65. The first-order valence-corrected chi connectivity index (χ1v) is 13.2. The van der Waals surface area contributed by atoms with Crippen molar-refractivity contribution in [2.45, 2.75) is 50.7 Å². The van der Waals surface area contributed by atoms with Crippen LogP contribution in [0.5, 0.6) is 0 Å². The lowest BCUT2D eigenvalue weighted by atomic mass is 9.75. The van der Waals surface area contributed by atoms with Crippen LogP contribution in [-0.2, 0) is 39.6 Å². The van der Waals surface area contributed by atoms with Crippen LogP contribution in [-0.4, -0.2) is 58.1 Å². The molecule has 0 unspecified atom stereocenters. The van der Waals surface area contributed by atoms with Gasteiger partial charge in [-0.3, -0.25) is 4.79 Å². The van der Waals surface area contributed by atoms with E-state index in [2.05, 4.69) is 5.32 Å². The van der Waals surface area contributed by atoms with Crippen LogP contribution in [0.25, 0.3) is 0 Å². The average Bonchev–Trinajstić information content (AvgIpc) is 2.90. The molecule has 0 saturated carbocycles. The van der Waals surface area contributed by atoms with Crippen molar-refractivity contribution in [3.05, 3.63) is 35.9 Å². The maximum absolute atomic E-state index is 12.9. The fourth-order valence-corrected chi connectivity index (χ4v) is 5.53. The molecule has 9 heteroatoms. The van der Waals surface area contributed by atoms with Crippen LogP contribution in [0.1, 0.15) is 18.9 Å². The largest absolute Gasteiger partial charge is 0.467 e. The van der Waals surface area contributed by atoms with Crippen molar-refractivity contribution in [3.63, 3.8) is 0 Å². The molecule has 0 bridgehead atoms. The Kier molecular flexibility index (Phi) is 7.43. The number of rotatable bonds is 9. The van der Waals surface area contributed by atoms with Gasteiger partial charge in [0.15, 0.2) is 8.32 Å². The summed E-state index contributed by atoms with van der Waals surface area (Å²) in [5, 5.41) is 2.54. The third kappa shape index (κ3) is 4.58. The van der Waals surface area contributed by atoms with E-state index in [9.17, 15) is 14.4 Å². The summed E-state index contributed by atoms with van der Waals surface area (Å²) < 4.78 is 21.9. The lowest BCUT2D eigenvalue weighted by molar-refractivity contribution is -0.175. The van der Waals surface area contributed by atoms with Crippen LogP contribution in [0, 0.1) is 5.92 Å². The molecule has 1 aromatic carbocycles. The molecule has 1 N–H and O–H groups in total. The minimum Gasteiger partial charge on any atom is -0.467 e. The number of hydrogen-bond acceptors (Lipinski definition) is 7. The van der Waals surface area contributed by atoms with E-state index < -0.39 is 43.2 Å². The molecular formula is C21H31NO7Si. The second-order valence-corrected chi connectivity index (χ2v) is 12.9. The van der Waals surface area contributed by atoms with Crippen molar-refractivity contribution in [1.29, 1.82) is 0 Å². The highest BCUT2D eigenvalue weighted by molar-refractivity contribution is 6.70. The van der Waals surface area contributed by atoms with Crippen LogP contribution < -0.4 is 5.32 Å². The molecule has 1 saturated heterocycles. The van der Waals surface area contributed by atoms with Gasteiger partial charge < -0.3 is 24.0 Å². The van der Waals surface area contributed by atoms with E-state index in [1.807, 2.05) is 50.0 Å². The Balaban J connectivity index is 2.31.